The van der Waals surface area contributed by atoms with Crippen molar-refractivity contribution in [1.29, 1.82) is 0 Å². The highest BCUT2D eigenvalue weighted by Crippen LogP contribution is 2.52. The van der Waals surface area contributed by atoms with E-state index in [2.05, 4.69) is 274 Å². The molecule has 1 aromatic heterocycles. The van der Waals surface area contributed by atoms with Gasteiger partial charge in [0.2, 0.25) is 0 Å². The molecule has 0 unspecified atom stereocenters. The van der Waals surface area contributed by atoms with E-state index in [4.69, 9.17) is 0 Å². The summed E-state index contributed by atoms with van der Waals surface area (Å²) in [5.41, 5.74) is 17.3. The summed E-state index contributed by atoms with van der Waals surface area (Å²) in [5.74, 6) is 0. The van der Waals surface area contributed by atoms with Gasteiger partial charge in [0.1, 0.15) is 0 Å². The maximum atomic E-state index is 3.71. The second-order valence-electron chi connectivity index (χ2n) is 17.8. The van der Waals surface area contributed by atoms with Gasteiger partial charge < -0.3 is 19.7 Å². The quantitative estimate of drug-likeness (QED) is 0.0709. The largest absolute Gasteiger partial charge is 0.359 e. The van der Waals surface area contributed by atoms with Gasteiger partial charge in [-0.3, -0.25) is 0 Å². The molecule has 1 N–H and O–H groups in total. The van der Waals surface area contributed by atoms with Gasteiger partial charge in [-0.15, -0.1) is 0 Å². The number of para-hydroxylation sites is 2. The van der Waals surface area contributed by atoms with Crippen LogP contribution in [0.5, 0.6) is 0 Å². The molecule has 10 rings (SSSR count). The molecule has 0 aliphatic carbocycles. The van der Waals surface area contributed by atoms with Gasteiger partial charge in [0, 0.05) is 84.1 Å². The molecule has 0 aliphatic heterocycles. The van der Waals surface area contributed by atoms with Crippen molar-refractivity contribution < 1.29 is 0 Å². The number of aryl methyl sites for hydroxylation is 2. The molecule has 0 spiro atoms. The molecule has 0 radical (unpaired) electrons. The molecule has 334 valence electrons. The summed E-state index contributed by atoms with van der Waals surface area (Å²) in [5, 5.41) is 10.8. The Morgan fingerprint density at radius 3 is 1.60 bits per heavy atom. The molecular weight excluding hydrogens is 825 g/mol. The Balaban J connectivity index is 1.23. The fraction of sp³-hybridized carbons (Fsp3) is 0.125. The molecule has 4 heteroatoms. The van der Waals surface area contributed by atoms with Crippen molar-refractivity contribution in [1.82, 2.24) is 4.57 Å². The summed E-state index contributed by atoms with van der Waals surface area (Å²) >= 11 is 0. The third-order valence-electron chi connectivity index (χ3n) is 13.1. The normalized spacial score (nSPS) is 12.2. The molecule has 0 amide bonds. The molecule has 0 saturated carbocycles. The van der Waals surface area contributed by atoms with Crippen LogP contribution in [0, 0.1) is 13.8 Å². The molecule has 0 fully saturated rings. The number of hydrogen-bond donors (Lipinski definition) is 1. The van der Waals surface area contributed by atoms with Crippen molar-refractivity contribution >= 4 is 88.9 Å². The Hall–Kier alpha value is -8.08. The Kier molecular flexibility index (Phi) is 12.3. The van der Waals surface area contributed by atoms with Crippen LogP contribution in [0.3, 0.4) is 0 Å². The number of anilines is 7. The highest BCUT2D eigenvalue weighted by Gasteiger charge is 2.26. The Morgan fingerprint density at radius 2 is 1.03 bits per heavy atom. The monoisotopic (exact) mass is 882 g/mol. The van der Waals surface area contributed by atoms with Crippen LogP contribution in [-0.2, 0) is 0 Å². The lowest BCUT2D eigenvalue weighted by Gasteiger charge is -2.33. The second-order valence-corrected chi connectivity index (χ2v) is 17.8. The molecule has 0 atom stereocenters. The summed E-state index contributed by atoms with van der Waals surface area (Å²) in [4.78, 5) is 4.95. The van der Waals surface area contributed by atoms with Crippen molar-refractivity contribution in [2.75, 3.05) is 15.1 Å². The van der Waals surface area contributed by atoms with Crippen LogP contribution in [0.15, 0.2) is 218 Å². The van der Waals surface area contributed by atoms with Gasteiger partial charge in [-0.05, 0) is 125 Å². The van der Waals surface area contributed by atoms with E-state index in [0.29, 0.717) is 0 Å². The number of rotatable bonds is 13. The van der Waals surface area contributed by atoms with Gasteiger partial charge in [0.15, 0.2) is 0 Å². The molecule has 9 aromatic carbocycles. The van der Waals surface area contributed by atoms with Crippen LogP contribution in [0.25, 0.3) is 60.2 Å². The molecule has 0 bridgehead atoms. The highest BCUT2D eigenvalue weighted by atomic mass is 15.2. The van der Waals surface area contributed by atoms with Crippen LogP contribution in [0.2, 0.25) is 0 Å². The van der Waals surface area contributed by atoms with E-state index in [1.807, 2.05) is 0 Å². The third kappa shape index (κ3) is 8.13. The maximum Gasteiger partial charge on any atom is 0.0619 e. The second kappa shape index (κ2) is 19.0. The topological polar surface area (TPSA) is 23.4 Å². The van der Waals surface area contributed by atoms with E-state index >= 15 is 0 Å². The molecule has 68 heavy (non-hydrogen) atoms. The van der Waals surface area contributed by atoms with Gasteiger partial charge in [-0.25, -0.2) is 0 Å². The highest BCUT2D eigenvalue weighted by molar-refractivity contribution is 6.24. The number of benzene rings is 9. The lowest BCUT2D eigenvalue weighted by Crippen LogP contribution is -2.14. The van der Waals surface area contributed by atoms with Crippen molar-refractivity contribution in [2.24, 2.45) is 0 Å². The van der Waals surface area contributed by atoms with Gasteiger partial charge in [0.05, 0.1) is 22.4 Å². The van der Waals surface area contributed by atoms with Crippen LogP contribution >= 0.6 is 0 Å². The molecular formula is C64H58N4. The fourth-order valence-electron chi connectivity index (χ4n) is 10.1. The number of nitrogens with one attached hydrogen (secondary N) is 1. The number of fused-ring (bicyclic) bond motifs is 5. The van der Waals surface area contributed by atoms with E-state index in [0.717, 1.165) is 85.5 Å². The molecule has 0 aliphatic rings. The Morgan fingerprint density at radius 1 is 0.515 bits per heavy atom. The molecule has 0 saturated heterocycles. The summed E-state index contributed by atoms with van der Waals surface area (Å²) in [6.07, 6.45) is 10.7. The number of hydrogen-bond acceptors (Lipinski definition) is 3. The number of aromatic nitrogens is 1. The zero-order valence-corrected chi connectivity index (χ0v) is 40.0. The average molecular weight is 883 g/mol. The van der Waals surface area contributed by atoms with Crippen LogP contribution < -0.4 is 15.1 Å². The van der Waals surface area contributed by atoms with Crippen molar-refractivity contribution in [2.45, 2.75) is 54.4 Å². The number of allylic oxidation sites excluding steroid dienone is 6. The summed E-state index contributed by atoms with van der Waals surface area (Å²) < 4.78 is 2.45. The minimum atomic E-state index is 0.854. The van der Waals surface area contributed by atoms with E-state index < -0.39 is 0 Å². The standard InChI is InChI=1S/C64H58N4/c1-7-10-24-48(9-3)68-61-38-35-45(5)41-58(61)59-43-52(36-39-62(59)68)67(50-27-15-12-16-28-50)64-55-32-19-17-30-53(55)63(54-31-18-20-33-56(54)64)66(49-25-13-11-14-26-49)51-29-21-23-47(42-51)57-40-44(4)34-37-60(57)65-46(6)22-8-2/h7,9-23,25-43,65H,8,24H2,1-6H3/b10-7-,46-22+,48-9+. The fourth-order valence-corrected chi connectivity index (χ4v) is 10.1. The Bertz CT molecular complexity index is 3500. The zero-order valence-electron chi connectivity index (χ0n) is 40.0. The minimum Gasteiger partial charge on any atom is -0.359 e. The van der Waals surface area contributed by atoms with Crippen molar-refractivity contribution in [3.63, 3.8) is 0 Å². The van der Waals surface area contributed by atoms with Gasteiger partial charge >= 0.3 is 0 Å². The maximum absolute atomic E-state index is 3.71. The third-order valence-corrected chi connectivity index (χ3v) is 13.1. The molecule has 4 nitrogen and oxygen atoms in total. The zero-order chi connectivity index (χ0) is 46.7. The first-order valence-corrected chi connectivity index (χ1v) is 24.0. The first-order valence-electron chi connectivity index (χ1n) is 24.0. The van der Waals surface area contributed by atoms with E-state index in [9.17, 15) is 0 Å². The van der Waals surface area contributed by atoms with Crippen molar-refractivity contribution in [3.8, 4) is 11.1 Å². The van der Waals surface area contributed by atoms with Crippen LogP contribution in [0.4, 0.5) is 39.8 Å². The van der Waals surface area contributed by atoms with E-state index in [1.54, 1.807) is 0 Å². The van der Waals surface area contributed by atoms with Gasteiger partial charge in [-0.1, -0.05) is 152 Å². The smallest absolute Gasteiger partial charge is 0.0619 e. The van der Waals surface area contributed by atoms with Crippen LogP contribution in [0.1, 0.15) is 51.7 Å². The first kappa shape index (κ1) is 43.8. The summed E-state index contributed by atoms with van der Waals surface area (Å²) in [7, 11) is 0. The number of nitrogens with zero attached hydrogens (tertiary/aromatic N) is 3. The molecule has 10 aromatic rings. The lowest BCUT2D eigenvalue weighted by molar-refractivity contribution is 1.13. The van der Waals surface area contributed by atoms with Crippen LogP contribution in [-0.4, -0.2) is 4.57 Å². The predicted octanol–water partition coefficient (Wildman–Crippen LogP) is 18.9. The van der Waals surface area contributed by atoms with Gasteiger partial charge in [0.25, 0.3) is 0 Å². The van der Waals surface area contributed by atoms with E-state index in [-0.39, 0.29) is 0 Å². The molecule has 1 heterocycles. The summed E-state index contributed by atoms with van der Waals surface area (Å²) in [6, 6.07) is 69.3. The van der Waals surface area contributed by atoms with E-state index in [1.165, 1.54) is 44.2 Å². The first-order chi connectivity index (χ1) is 33.4. The van der Waals surface area contributed by atoms with Crippen molar-refractivity contribution in [3.05, 3.63) is 229 Å². The predicted molar refractivity (Wildman–Crippen MR) is 296 cm³/mol. The SMILES string of the molecule is C/C=C\C/C(=C\C)n1c2ccc(C)cc2c2cc(N(c3ccccc3)c3c4ccccc4c(N(c4ccccc4)c4cccc(-c5cc(C)ccc5N/C(C)=C/CC)c4)c4ccccc34)ccc21. The lowest BCUT2D eigenvalue weighted by atomic mass is 9.94. The minimum absolute atomic E-state index is 0.854. The average Bonchev–Trinajstić information content (AvgIpc) is 3.68. The summed E-state index contributed by atoms with van der Waals surface area (Å²) in [6.45, 7) is 12.9. The Labute approximate surface area is 401 Å². The van der Waals surface area contributed by atoms with Gasteiger partial charge in [-0.2, -0.15) is 0 Å².